The minimum absolute atomic E-state index is 0.156. The molecular weight excluding hydrogens is 294 g/mol. The zero-order valence-corrected chi connectivity index (χ0v) is 12.1. The van der Waals surface area contributed by atoms with E-state index in [1.54, 1.807) is 4.90 Å². The highest BCUT2D eigenvalue weighted by molar-refractivity contribution is 5.54. The lowest BCUT2D eigenvalue weighted by Gasteiger charge is -2.35. The van der Waals surface area contributed by atoms with Crippen LogP contribution in [-0.2, 0) is 4.74 Å². The van der Waals surface area contributed by atoms with Crippen LogP contribution in [0.25, 0.3) is 0 Å². The molecule has 0 aliphatic carbocycles. The Kier molecular flexibility index (Phi) is 4.24. The van der Waals surface area contributed by atoms with Gasteiger partial charge in [0, 0.05) is 19.7 Å². The largest absolute Gasteiger partial charge is 0.378 e. The van der Waals surface area contributed by atoms with E-state index in [4.69, 9.17) is 4.74 Å². The molecule has 1 aromatic rings. The highest BCUT2D eigenvalue weighted by Gasteiger charge is 2.31. The van der Waals surface area contributed by atoms with Crippen molar-refractivity contribution in [2.75, 3.05) is 24.6 Å². The van der Waals surface area contributed by atoms with Crippen molar-refractivity contribution in [3.8, 4) is 0 Å². The van der Waals surface area contributed by atoms with Crippen molar-refractivity contribution >= 4 is 11.4 Å². The second-order valence-corrected chi connectivity index (χ2v) is 5.89. The van der Waals surface area contributed by atoms with Gasteiger partial charge in [-0.1, -0.05) is 0 Å². The second kappa shape index (κ2) is 6.16. The van der Waals surface area contributed by atoms with Gasteiger partial charge in [-0.3, -0.25) is 10.1 Å². The van der Waals surface area contributed by atoms with E-state index >= 15 is 0 Å². The average Bonchev–Trinajstić information content (AvgIpc) is 3.01. The summed E-state index contributed by atoms with van der Waals surface area (Å²) in [7, 11) is 0. The quantitative estimate of drug-likeness (QED) is 0.635. The van der Waals surface area contributed by atoms with Crippen molar-refractivity contribution in [1.82, 2.24) is 0 Å². The van der Waals surface area contributed by atoms with Crippen molar-refractivity contribution in [3.63, 3.8) is 0 Å². The molecule has 5 nitrogen and oxygen atoms in total. The van der Waals surface area contributed by atoms with Gasteiger partial charge in [-0.15, -0.1) is 0 Å². The number of nitro groups is 1. The van der Waals surface area contributed by atoms with Crippen LogP contribution in [0, 0.1) is 27.7 Å². The minimum Gasteiger partial charge on any atom is -0.378 e. The van der Waals surface area contributed by atoms with E-state index in [0.29, 0.717) is 19.0 Å². The van der Waals surface area contributed by atoms with Crippen molar-refractivity contribution < 1.29 is 18.4 Å². The predicted octanol–water partition coefficient (Wildman–Crippen LogP) is 3.27. The van der Waals surface area contributed by atoms with E-state index in [9.17, 15) is 18.9 Å². The molecule has 0 N–H and O–H groups in total. The van der Waals surface area contributed by atoms with Gasteiger partial charge in [-0.25, -0.2) is 8.78 Å². The highest BCUT2D eigenvalue weighted by atomic mass is 19.1. The fraction of sp³-hybridized carbons (Fsp3) is 0.600. The molecule has 3 rings (SSSR count). The molecule has 1 aromatic carbocycles. The van der Waals surface area contributed by atoms with Crippen LogP contribution in [0.4, 0.5) is 20.2 Å². The number of non-ortho nitro benzene ring substituents is 1. The Balaban J connectivity index is 1.72. The summed E-state index contributed by atoms with van der Waals surface area (Å²) in [6.45, 7) is 1.88. The number of hydrogen-bond acceptors (Lipinski definition) is 4. The number of benzene rings is 1. The summed E-state index contributed by atoms with van der Waals surface area (Å²) in [4.78, 5) is 11.5. The smallest absolute Gasteiger partial charge is 0.275 e. The number of rotatable bonds is 3. The van der Waals surface area contributed by atoms with Crippen LogP contribution in [0.15, 0.2) is 12.1 Å². The molecule has 120 valence electrons. The first-order chi connectivity index (χ1) is 10.6. The molecule has 0 amide bonds. The van der Waals surface area contributed by atoms with Crippen LogP contribution in [0.5, 0.6) is 0 Å². The van der Waals surface area contributed by atoms with Gasteiger partial charge in [0.05, 0.1) is 23.2 Å². The number of piperidine rings is 1. The molecule has 0 bridgehead atoms. The number of hydrogen-bond donors (Lipinski definition) is 0. The number of anilines is 1. The van der Waals surface area contributed by atoms with Crippen LogP contribution in [0.2, 0.25) is 0 Å². The van der Waals surface area contributed by atoms with Gasteiger partial charge in [-0.05, 0) is 31.6 Å². The van der Waals surface area contributed by atoms with Gasteiger partial charge in [0.25, 0.3) is 5.69 Å². The number of ether oxygens (including phenoxy) is 1. The summed E-state index contributed by atoms with van der Waals surface area (Å²) in [6, 6.07) is 1.56. The Morgan fingerprint density at radius 3 is 2.32 bits per heavy atom. The first-order valence-electron chi connectivity index (χ1n) is 7.56. The number of nitro benzene ring substituents is 1. The van der Waals surface area contributed by atoms with Crippen LogP contribution in [0.3, 0.4) is 0 Å². The normalized spacial score (nSPS) is 23.0. The minimum atomic E-state index is -0.873. The summed E-state index contributed by atoms with van der Waals surface area (Å²) >= 11 is 0. The summed E-state index contributed by atoms with van der Waals surface area (Å²) in [5.41, 5.74) is -0.718. The van der Waals surface area contributed by atoms with Crippen molar-refractivity contribution in [2.24, 2.45) is 5.92 Å². The average molecular weight is 312 g/mol. The standard InChI is InChI=1S/C15H18F2N2O3/c16-12-8-11(19(20)21)9-13(17)15(12)18-5-3-10(4-6-18)14-2-1-7-22-14/h8-10,14H,1-7H2. The molecule has 1 unspecified atom stereocenters. The molecule has 2 saturated heterocycles. The van der Waals surface area contributed by atoms with Crippen LogP contribution >= 0.6 is 0 Å². The topological polar surface area (TPSA) is 55.6 Å². The predicted molar refractivity (Wildman–Crippen MR) is 76.9 cm³/mol. The number of nitrogens with zero attached hydrogens (tertiary/aromatic N) is 2. The second-order valence-electron chi connectivity index (χ2n) is 5.89. The van der Waals surface area contributed by atoms with E-state index in [-0.39, 0.29) is 11.8 Å². The summed E-state index contributed by atoms with van der Waals surface area (Å²) in [5, 5.41) is 10.6. The molecule has 0 saturated carbocycles. The zero-order valence-electron chi connectivity index (χ0n) is 12.1. The van der Waals surface area contributed by atoms with Crippen molar-refractivity contribution in [2.45, 2.75) is 31.8 Å². The van der Waals surface area contributed by atoms with E-state index in [2.05, 4.69) is 0 Å². The lowest BCUT2D eigenvalue weighted by atomic mass is 9.89. The van der Waals surface area contributed by atoms with Crippen LogP contribution < -0.4 is 4.90 Å². The first kappa shape index (κ1) is 15.1. The Morgan fingerprint density at radius 1 is 1.18 bits per heavy atom. The first-order valence-corrected chi connectivity index (χ1v) is 7.56. The summed E-state index contributed by atoms with van der Waals surface area (Å²) < 4.78 is 33.8. The van der Waals surface area contributed by atoms with Gasteiger partial charge in [0.15, 0.2) is 11.6 Å². The van der Waals surface area contributed by atoms with E-state index in [0.717, 1.165) is 44.4 Å². The Hall–Kier alpha value is -1.76. The van der Waals surface area contributed by atoms with Crippen molar-refractivity contribution in [3.05, 3.63) is 33.9 Å². The molecule has 2 fully saturated rings. The summed E-state index contributed by atoms with van der Waals surface area (Å²) in [6.07, 6.45) is 4.05. The molecule has 7 heteroatoms. The molecule has 22 heavy (non-hydrogen) atoms. The molecule has 0 aromatic heterocycles. The Morgan fingerprint density at radius 2 is 1.82 bits per heavy atom. The van der Waals surface area contributed by atoms with Gasteiger partial charge in [0.2, 0.25) is 0 Å². The molecule has 0 spiro atoms. The highest BCUT2D eigenvalue weighted by Crippen LogP contribution is 2.34. The maximum Gasteiger partial charge on any atom is 0.275 e. The van der Waals surface area contributed by atoms with Crippen molar-refractivity contribution in [1.29, 1.82) is 0 Å². The third-order valence-corrected chi connectivity index (χ3v) is 4.56. The van der Waals surface area contributed by atoms with Gasteiger partial charge in [-0.2, -0.15) is 0 Å². The van der Waals surface area contributed by atoms with Crippen LogP contribution in [-0.4, -0.2) is 30.7 Å². The molecule has 2 aliphatic heterocycles. The third kappa shape index (κ3) is 2.90. The maximum atomic E-state index is 14.0. The molecule has 0 radical (unpaired) electrons. The van der Waals surface area contributed by atoms with E-state index < -0.39 is 22.2 Å². The third-order valence-electron chi connectivity index (χ3n) is 4.56. The van der Waals surface area contributed by atoms with Gasteiger partial charge >= 0.3 is 0 Å². The lowest BCUT2D eigenvalue weighted by Crippen LogP contribution is -2.38. The van der Waals surface area contributed by atoms with E-state index in [1.165, 1.54) is 0 Å². The monoisotopic (exact) mass is 312 g/mol. The Labute approximate surface area is 127 Å². The molecule has 1 atom stereocenters. The zero-order chi connectivity index (χ0) is 15.7. The molecule has 2 aliphatic rings. The Bertz CT molecular complexity index is 545. The molecule has 2 heterocycles. The SMILES string of the molecule is O=[N+]([O-])c1cc(F)c(N2CCC(C3CCCO3)CC2)c(F)c1. The fourth-order valence-electron chi connectivity index (χ4n) is 3.43. The summed E-state index contributed by atoms with van der Waals surface area (Å²) in [5.74, 6) is -1.31. The number of halogens is 2. The van der Waals surface area contributed by atoms with Gasteiger partial charge < -0.3 is 9.64 Å². The lowest BCUT2D eigenvalue weighted by molar-refractivity contribution is -0.385. The molecular formula is C15H18F2N2O3. The van der Waals surface area contributed by atoms with E-state index in [1.807, 2.05) is 0 Å². The fourth-order valence-corrected chi connectivity index (χ4v) is 3.43. The maximum absolute atomic E-state index is 14.0. The van der Waals surface area contributed by atoms with Crippen LogP contribution in [0.1, 0.15) is 25.7 Å². The van der Waals surface area contributed by atoms with Gasteiger partial charge in [0.1, 0.15) is 5.69 Å².